The van der Waals surface area contributed by atoms with Crippen LogP contribution in [0.25, 0.3) is 5.57 Å². The van der Waals surface area contributed by atoms with Gasteiger partial charge in [-0.3, -0.25) is 4.79 Å². The minimum absolute atomic E-state index is 0.133. The lowest BCUT2D eigenvalue weighted by atomic mass is 9.32. The molecule has 0 aliphatic heterocycles. The summed E-state index contributed by atoms with van der Waals surface area (Å²) in [4.78, 5) is 14.1. The standard InChI is InChI=1S/C40H59NO/c1-26(2)29-17-22-40(34(42)10-9-25-41)24-23-38(7)31(35(29)40)15-16-33-37(6)20-18-30(28-13-11-27(3)12-14-28)36(4,5)32(37)19-21-39(33,38)8/h11-14,18,29,31-33,35H,1,9-10,15-17,19-25,41H2,2-8H3/t29-,31+,32-,33+,35+,37-,38+,39+,40+/m0/s1. The quantitative estimate of drug-likeness (QED) is 0.346. The first kappa shape index (κ1) is 30.4. The van der Waals surface area contributed by atoms with Crippen LogP contribution in [0.5, 0.6) is 0 Å². The second-order valence-electron chi connectivity index (χ2n) is 17.1. The molecule has 4 saturated carbocycles. The third kappa shape index (κ3) is 4.02. The molecule has 0 heterocycles. The molecule has 0 radical (unpaired) electrons. The lowest BCUT2D eigenvalue weighted by Crippen LogP contribution is -2.65. The number of hydrogen-bond donors (Lipinski definition) is 1. The molecule has 1 aromatic carbocycles. The average molecular weight is 570 g/mol. The predicted molar refractivity (Wildman–Crippen MR) is 177 cm³/mol. The van der Waals surface area contributed by atoms with Crippen molar-refractivity contribution in [2.75, 3.05) is 6.54 Å². The Labute approximate surface area is 257 Å². The number of nitrogens with two attached hydrogens (primary N) is 1. The van der Waals surface area contributed by atoms with Crippen LogP contribution in [-0.2, 0) is 4.79 Å². The minimum atomic E-state index is -0.133. The van der Waals surface area contributed by atoms with E-state index in [1.54, 1.807) is 5.57 Å². The van der Waals surface area contributed by atoms with Crippen molar-refractivity contribution >= 4 is 11.4 Å². The molecular weight excluding hydrogens is 510 g/mol. The molecule has 2 N–H and O–H groups in total. The Kier molecular flexibility index (Phi) is 7.36. The van der Waals surface area contributed by atoms with Crippen molar-refractivity contribution in [3.05, 3.63) is 53.6 Å². The molecule has 2 heteroatoms. The highest BCUT2D eigenvalue weighted by Gasteiger charge is 2.71. The third-order valence-corrected chi connectivity index (χ3v) is 15.2. The van der Waals surface area contributed by atoms with Crippen molar-refractivity contribution in [3.63, 3.8) is 0 Å². The molecule has 0 bridgehead atoms. The van der Waals surface area contributed by atoms with Gasteiger partial charge in [-0.15, -0.1) is 0 Å². The van der Waals surface area contributed by atoms with Gasteiger partial charge < -0.3 is 5.73 Å². The SMILES string of the molecule is C=C(C)[C@@H]1CC[C@]2(C(=O)CCCN)CC[C@]3(C)[C@H](CC[C@@H]4[C@@]5(C)CC=C(c6ccc(C)cc6)C(C)(C)[C@@H]5CC[C@]43C)[C@@H]12. The molecule has 1 aromatic rings. The molecule has 9 atom stereocenters. The van der Waals surface area contributed by atoms with Gasteiger partial charge in [-0.05, 0) is 147 Å². The van der Waals surface area contributed by atoms with Crippen LogP contribution < -0.4 is 5.73 Å². The molecule has 2 nitrogen and oxygen atoms in total. The van der Waals surface area contributed by atoms with Gasteiger partial charge in [0.2, 0.25) is 0 Å². The summed E-state index contributed by atoms with van der Waals surface area (Å²) >= 11 is 0. The normalized spacial score (nSPS) is 43.8. The van der Waals surface area contributed by atoms with E-state index in [9.17, 15) is 4.79 Å². The molecule has 6 rings (SSSR count). The van der Waals surface area contributed by atoms with Crippen LogP contribution in [0.2, 0.25) is 0 Å². The minimum Gasteiger partial charge on any atom is -0.330 e. The lowest BCUT2D eigenvalue weighted by molar-refractivity contribution is -0.224. The molecule has 0 unspecified atom stereocenters. The van der Waals surface area contributed by atoms with Crippen molar-refractivity contribution in [2.24, 2.45) is 62.4 Å². The van der Waals surface area contributed by atoms with Crippen molar-refractivity contribution in [1.82, 2.24) is 0 Å². The second-order valence-corrected chi connectivity index (χ2v) is 17.1. The third-order valence-electron chi connectivity index (χ3n) is 15.2. The Hall–Kier alpha value is -1.67. The summed E-state index contributed by atoms with van der Waals surface area (Å²) in [7, 11) is 0. The van der Waals surface area contributed by atoms with E-state index in [0.29, 0.717) is 53.3 Å². The number of Topliss-reactive ketones (excluding diaryl/α,β-unsaturated/α-hetero) is 1. The van der Waals surface area contributed by atoms with Gasteiger partial charge in [0.1, 0.15) is 5.78 Å². The van der Waals surface area contributed by atoms with Gasteiger partial charge in [-0.1, -0.05) is 82.7 Å². The molecule has 0 saturated heterocycles. The maximum absolute atomic E-state index is 14.1. The molecule has 5 aliphatic carbocycles. The number of carbonyl (C=O) groups excluding carboxylic acids is 1. The molecule has 42 heavy (non-hydrogen) atoms. The van der Waals surface area contributed by atoms with Crippen molar-refractivity contribution in [3.8, 4) is 0 Å². The molecular formula is C40H59NO. The Balaban J connectivity index is 1.37. The highest BCUT2D eigenvalue weighted by molar-refractivity contribution is 5.86. The van der Waals surface area contributed by atoms with Crippen molar-refractivity contribution in [1.29, 1.82) is 0 Å². The van der Waals surface area contributed by atoms with E-state index in [1.165, 1.54) is 55.2 Å². The van der Waals surface area contributed by atoms with Crippen molar-refractivity contribution < 1.29 is 4.79 Å². The molecule has 230 valence electrons. The summed E-state index contributed by atoms with van der Waals surface area (Å²) in [5.74, 6) is 3.55. The van der Waals surface area contributed by atoms with Crippen LogP contribution in [0.3, 0.4) is 0 Å². The molecule has 5 aliphatic rings. The number of benzene rings is 1. The van der Waals surface area contributed by atoms with E-state index in [-0.39, 0.29) is 16.2 Å². The zero-order chi connectivity index (χ0) is 30.3. The number of allylic oxidation sites excluding steroid dienone is 3. The molecule has 4 fully saturated rings. The van der Waals surface area contributed by atoms with Gasteiger partial charge >= 0.3 is 0 Å². The average Bonchev–Trinajstić information content (AvgIpc) is 3.34. The van der Waals surface area contributed by atoms with Gasteiger partial charge in [-0.25, -0.2) is 0 Å². The van der Waals surface area contributed by atoms with E-state index in [0.717, 1.165) is 31.6 Å². The maximum atomic E-state index is 14.1. The monoisotopic (exact) mass is 569 g/mol. The van der Waals surface area contributed by atoms with Crippen LogP contribution in [0.15, 0.2) is 42.5 Å². The highest BCUT2D eigenvalue weighted by atomic mass is 16.1. The Morgan fingerprint density at radius 3 is 2.29 bits per heavy atom. The fraction of sp³-hybridized carbons (Fsp3) is 0.725. The summed E-state index contributed by atoms with van der Waals surface area (Å²) in [5.41, 5.74) is 12.5. The lowest BCUT2D eigenvalue weighted by Gasteiger charge is -2.72. The van der Waals surface area contributed by atoms with Gasteiger partial charge in [0.25, 0.3) is 0 Å². The van der Waals surface area contributed by atoms with Crippen LogP contribution in [-0.4, -0.2) is 12.3 Å². The molecule has 0 aromatic heterocycles. The summed E-state index contributed by atoms with van der Waals surface area (Å²) in [6, 6.07) is 9.28. The Bertz CT molecular complexity index is 1270. The van der Waals surface area contributed by atoms with Crippen LogP contribution in [0.1, 0.15) is 123 Å². The number of aryl methyl sites for hydroxylation is 1. The van der Waals surface area contributed by atoms with Gasteiger partial charge in [-0.2, -0.15) is 0 Å². The smallest absolute Gasteiger partial charge is 0.139 e. The highest BCUT2D eigenvalue weighted by Crippen LogP contribution is 2.77. The topological polar surface area (TPSA) is 43.1 Å². The fourth-order valence-electron chi connectivity index (χ4n) is 13.0. The first-order chi connectivity index (χ1) is 19.8. The zero-order valence-electron chi connectivity index (χ0n) is 28.0. The fourth-order valence-corrected chi connectivity index (χ4v) is 13.0. The largest absolute Gasteiger partial charge is 0.330 e. The number of ketones is 1. The van der Waals surface area contributed by atoms with E-state index in [2.05, 4.69) is 85.4 Å². The van der Waals surface area contributed by atoms with Gasteiger partial charge in [0.15, 0.2) is 0 Å². The number of hydrogen-bond acceptors (Lipinski definition) is 2. The maximum Gasteiger partial charge on any atom is 0.139 e. The van der Waals surface area contributed by atoms with E-state index in [4.69, 9.17) is 5.73 Å². The van der Waals surface area contributed by atoms with Gasteiger partial charge in [0.05, 0.1) is 0 Å². The van der Waals surface area contributed by atoms with Gasteiger partial charge in [0, 0.05) is 11.8 Å². The zero-order valence-corrected chi connectivity index (χ0v) is 28.0. The Morgan fingerprint density at radius 1 is 0.905 bits per heavy atom. The summed E-state index contributed by atoms with van der Waals surface area (Å²) in [6.45, 7) is 22.8. The number of carbonyl (C=O) groups is 1. The van der Waals surface area contributed by atoms with Crippen molar-refractivity contribution in [2.45, 2.75) is 119 Å². The molecule has 0 spiro atoms. The summed E-state index contributed by atoms with van der Waals surface area (Å²) in [5, 5.41) is 0. The second kappa shape index (κ2) is 10.2. The van der Waals surface area contributed by atoms with E-state index >= 15 is 0 Å². The number of fused-ring (bicyclic) bond motifs is 7. The van der Waals surface area contributed by atoms with Crippen LogP contribution >= 0.6 is 0 Å². The van der Waals surface area contributed by atoms with E-state index < -0.39 is 0 Å². The predicted octanol–water partition coefficient (Wildman–Crippen LogP) is 9.95. The van der Waals surface area contributed by atoms with Crippen LogP contribution in [0, 0.1) is 63.6 Å². The number of rotatable bonds is 6. The summed E-state index contributed by atoms with van der Waals surface area (Å²) < 4.78 is 0. The molecule has 0 amide bonds. The Morgan fingerprint density at radius 2 is 1.62 bits per heavy atom. The first-order valence-corrected chi connectivity index (χ1v) is 17.4. The van der Waals surface area contributed by atoms with E-state index in [1.807, 2.05) is 0 Å². The first-order valence-electron chi connectivity index (χ1n) is 17.4. The summed E-state index contributed by atoms with van der Waals surface area (Å²) in [6.07, 6.45) is 15.1. The van der Waals surface area contributed by atoms with Crippen LogP contribution in [0.4, 0.5) is 0 Å².